The zero-order chi connectivity index (χ0) is 8.39. The number of halogens is 1. The van der Waals surface area contributed by atoms with E-state index in [-0.39, 0.29) is 0 Å². The van der Waals surface area contributed by atoms with Crippen molar-refractivity contribution in [3.8, 4) is 5.75 Å². The van der Waals surface area contributed by atoms with Crippen molar-refractivity contribution < 1.29 is 4.74 Å². The molecule has 1 saturated carbocycles. The van der Waals surface area contributed by atoms with Gasteiger partial charge in [0.2, 0.25) is 0 Å². The monoisotopic (exact) mass is 182 g/mol. The van der Waals surface area contributed by atoms with E-state index in [9.17, 15) is 0 Å². The van der Waals surface area contributed by atoms with Gasteiger partial charge in [0.15, 0.2) is 0 Å². The molecule has 0 bridgehead atoms. The molecule has 0 aliphatic heterocycles. The van der Waals surface area contributed by atoms with Crippen molar-refractivity contribution in [3.63, 3.8) is 0 Å². The molecule has 1 nitrogen and oxygen atoms in total. The standard InChI is InChI=1S/C10H11ClO/c11-9-6-1-2-7-10(9)12-8-4-3-5-8/h1-2,6-8H,3-5H2. The zero-order valence-corrected chi connectivity index (χ0v) is 7.55. The van der Waals surface area contributed by atoms with Crippen LogP contribution >= 0.6 is 11.6 Å². The number of benzene rings is 1. The molecule has 0 radical (unpaired) electrons. The van der Waals surface area contributed by atoms with Gasteiger partial charge in [-0.1, -0.05) is 23.7 Å². The van der Waals surface area contributed by atoms with Crippen molar-refractivity contribution in [2.45, 2.75) is 25.4 Å². The average molecular weight is 183 g/mol. The summed E-state index contributed by atoms with van der Waals surface area (Å²) < 4.78 is 5.65. The Morgan fingerprint density at radius 1 is 1.25 bits per heavy atom. The molecule has 0 atom stereocenters. The summed E-state index contributed by atoms with van der Waals surface area (Å²) in [4.78, 5) is 0. The molecule has 1 aliphatic rings. The molecule has 0 saturated heterocycles. The second-order valence-electron chi connectivity index (χ2n) is 3.10. The lowest BCUT2D eigenvalue weighted by Crippen LogP contribution is -2.24. The van der Waals surface area contributed by atoms with Crippen molar-refractivity contribution in [3.05, 3.63) is 29.3 Å². The van der Waals surface area contributed by atoms with Crippen molar-refractivity contribution in [1.82, 2.24) is 0 Å². The maximum atomic E-state index is 5.92. The Kier molecular flexibility index (Phi) is 2.22. The van der Waals surface area contributed by atoms with Crippen LogP contribution in [0.3, 0.4) is 0 Å². The maximum absolute atomic E-state index is 5.92. The first kappa shape index (κ1) is 7.93. The summed E-state index contributed by atoms with van der Waals surface area (Å²) in [6.45, 7) is 0. The number of para-hydroxylation sites is 1. The Labute approximate surface area is 77.3 Å². The fourth-order valence-corrected chi connectivity index (χ4v) is 1.39. The highest BCUT2D eigenvalue weighted by Gasteiger charge is 2.19. The van der Waals surface area contributed by atoms with Crippen LogP contribution in [0.1, 0.15) is 19.3 Å². The molecule has 0 aromatic heterocycles. The molecule has 0 heterocycles. The van der Waals surface area contributed by atoms with E-state index in [2.05, 4.69) is 0 Å². The minimum atomic E-state index is 0.407. The quantitative estimate of drug-likeness (QED) is 0.682. The van der Waals surface area contributed by atoms with Crippen LogP contribution in [0, 0.1) is 0 Å². The van der Waals surface area contributed by atoms with E-state index in [0.717, 1.165) is 5.75 Å². The van der Waals surface area contributed by atoms with Crippen molar-refractivity contribution in [2.24, 2.45) is 0 Å². The summed E-state index contributed by atoms with van der Waals surface area (Å²) in [7, 11) is 0. The lowest BCUT2D eigenvalue weighted by molar-refractivity contribution is 0.120. The second-order valence-corrected chi connectivity index (χ2v) is 3.51. The summed E-state index contributed by atoms with van der Waals surface area (Å²) in [5.74, 6) is 0.823. The number of hydrogen-bond donors (Lipinski definition) is 0. The van der Waals surface area contributed by atoms with Gasteiger partial charge in [-0.05, 0) is 31.4 Å². The van der Waals surface area contributed by atoms with Gasteiger partial charge in [0, 0.05) is 0 Å². The molecule has 0 spiro atoms. The molecule has 0 amide bonds. The first-order valence-electron chi connectivity index (χ1n) is 4.27. The zero-order valence-electron chi connectivity index (χ0n) is 6.79. The topological polar surface area (TPSA) is 9.23 Å². The number of rotatable bonds is 2. The second kappa shape index (κ2) is 3.36. The maximum Gasteiger partial charge on any atom is 0.138 e. The van der Waals surface area contributed by atoms with E-state index in [1.165, 1.54) is 19.3 Å². The Morgan fingerprint density at radius 2 is 2.00 bits per heavy atom. The SMILES string of the molecule is Clc1ccccc1OC1CCC1. The Hall–Kier alpha value is -0.690. The van der Waals surface area contributed by atoms with E-state index in [4.69, 9.17) is 16.3 Å². The molecule has 1 aliphatic carbocycles. The molecule has 0 N–H and O–H groups in total. The fraction of sp³-hybridized carbons (Fsp3) is 0.400. The molecular weight excluding hydrogens is 172 g/mol. The van der Waals surface area contributed by atoms with Crippen LogP contribution in [0.4, 0.5) is 0 Å². The van der Waals surface area contributed by atoms with Gasteiger partial charge in [-0.15, -0.1) is 0 Å². The van der Waals surface area contributed by atoms with Crippen LogP contribution < -0.4 is 4.74 Å². The molecule has 64 valence electrons. The highest BCUT2D eigenvalue weighted by atomic mass is 35.5. The van der Waals surface area contributed by atoms with E-state index in [1.54, 1.807) is 0 Å². The fourth-order valence-electron chi connectivity index (χ4n) is 1.21. The highest BCUT2D eigenvalue weighted by Crippen LogP contribution is 2.29. The molecular formula is C10H11ClO. The van der Waals surface area contributed by atoms with Crippen LogP contribution in [0.25, 0.3) is 0 Å². The number of hydrogen-bond acceptors (Lipinski definition) is 1. The minimum Gasteiger partial charge on any atom is -0.489 e. The molecule has 12 heavy (non-hydrogen) atoms. The van der Waals surface area contributed by atoms with Gasteiger partial charge in [-0.3, -0.25) is 0 Å². The Morgan fingerprint density at radius 3 is 2.58 bits per heavy atom. The molecule has 2 rings (SSSR count). The van der Waals surface area contributed by atoms with Gasteiger partial charge < -0.3 is 4.74 Å². The molecule has 2 heteroatoms. The highest BCUT2D eigenvalue weighted by molar-refractivity contribution is 6.32. The van der Waals surface area contributed by atoms with E-state index in [0.29, 0.717) is 11.1 Å². The van der Waals surface area contributed by atoms with Gasteiger partial charge in [0.05, 0.1) is 11.1 Å². The summed E-state index contributed by atoms with van der Waals surface area (Å²) in [5, 5.41) is 0.712. The van der Waals surface area contributed by atoms with Gasteiger partial charge in [-0.25, -0.2) is 0 Å². The predicted octanol–water partition coefficient (Wildman–Crippen LogP) is 3.27. The minimum absolute atomic E-state index is 0.407. The van der Waals surface area contributed by atoms with Crippen molar-refractivity contribution in [1.29, 1.82) is 0 Å². The first-order chi connectivity index (χ1) is 5.86. The lowest BCUT2D eigenvalue weighted by atomic mass is 9.96. The average Bonchev–Trinajstić information content (AvgIpc) is 2.00. The normalized spacial score (nSPS) is 17.1. The third-order valence-corrected chi connectivity index (χ3v) is 2.49. The van der Waals surface area contributed by atoms with Crippen molar-refractivity contribution >= 4 is 11.6 Å². The summed E-state index contributed by atoms with van der Waals surface area (Å²) in [5.41, 5.74) is 0. The van der Waals surface area contributed by atoms with Gasteiger partial charge in [0.1, 0.15) is 5.75 Å². The summed E-state index contributed by atoms with van der Waals surface area (Å²) >= 11 is 5.92. The van der Waals surface area contributed by atoms with Gasteiger partial charge >= 0.3 is 0 Å². The molecule has 1 aromatic rings. The Bertz CT molecular complexity index is 268. The Balaban J connectivity index is 2.06. The van der Waals surface area contributed by atoms with Crippen LogP contribution in [0.2, 0.25) is 5.02 Å². The third kappa shape index (κ3) is 1.56. The third-order valence-electron chi connectivity index (χ3n) is 2.18. The molecule has 1 aromatic carbocycles. The lowest BCUT2D eigenvalue weighted by Gasteiger charge is -2.26. The number of ether oxygens (including phenoxy) is 1. The molecule has 1 fully saturated rings. The van der Waals surface area contributed by atoms with Crippen molar-refractivity contribution in [2.75, 3.05) is 0 Å². The van der Waals surface area contributed by atoms with E-state index >= 15 is 0 Å². The smallest absolute Gasteiger partial charge is 0.138 e. The van der Waals surface area contributed by atoms with Gasteiger partial charge in [0.25, 0.3) is 0 Å². The van der Waals surface area contributed by atoms with E-state index in [1.807, 2.05) is 24.3 Å². The van der Waals surface area contributed by atoms with Crippen LogP contribution in [-0.2, 0) is 0 Å². The van der Waals surface area contributed by atoms with Crippen LogP contribution in [-0.4, -0.2) is 6.10 Å². The largest absolute Gasteiger partial charge is 0.489 e. The van der Waals surface area contributed by atoms with Gasteiger partial charge in [-0.2, -0.15) is 0 Å². The molecule has 0 unspecified atom stereocenters. The summed E-state index contributed by atoms with van der Waals surface area (Å²) in [6, 6.07) is 7.63. The predicted molar refractivity (Wildman–Crippen MR) is 49.7 cm³/mol. The summed E-state index contributed by atoms with van der Waals surface area (Å²) in [6.07, 6.45) is 4.04. The first-order valence-corrected chi connectivity index (χ1v) is 4.65. The van der Waals surface area contributed by atoms with Crippen LogP contribution in [0.5, 0.6) is 5.75 Å². The van der Waals surface area contributed by atoms with E-state index < -0.39 is 0 Å². The van der Waals surface area contributed by atoms with Crippen LogP contribution in [0.15, 0.2) is 24.3 Å².